The summed E-state index contributed by atoms with van der Waals surface area (Å²) in [6.45, 7) is 7.19. The van der Waals surface area contributed by atoms with Crippen LogP contribution in [0.3, 0.4) is 0 Å². The Balaban J connectivity index is 2.37. The lowest BCUT2D eigenvalue weighted by Crippen LogP contribution is -2.18. The number of nitrogens with two attached hydrogens (primary N) is 1. The van der Waals surface area contributed by atoms with E-state index in [4.69, 9.17) is 10.5 Å². The van der Waals surface area contributed by atoms with Crippen LogP contribution >= 0.6 is 15.9 Å². The van der Waals surface area contributed by atoms with Gasteiger partial charge in [0.1, 0.15) is 0 Å². The molecule has 0 spiro atoms. The van der Waals surface area contributed by atoms with E-state index in [1.54, 1.807) is 4.68 Å². The molecule has 0 saturated heterocycles. The molecule has 1 unspecified atom stereocenters. The van der Waals surface area contributed by atoms with Gasteiger partial charge in [-0.05, 0) is 48.9 Å². The first-order valence-corrected chi connectivity index (χ1v) is 7.26. The van der Waals surface area contributed by atoms with E-state index in [0.29, 0.717) is 24.7 Å². The minimum absolute atomic E-state index is 0.0482. The standard InChI is InChI=1S/C13H18BrN5O/c1-4-20-8(2)7-19-13(16-17-18-19)11-5-10(14)6-12(15)9(11)3/h5-6,8H,4,7,15H2,1-3H3. The first-order chi connectivity index (χ1) is 9.52. The first-order valence-electron chi connectivity index (χ1n) is 6.46. The second-order valence-corrected chi connectivity index (χ2v) is 5.53. The molecule has 0 aliphatic carbocycles. The molecular weight excluding hydrogens is 322 g/mol. The topological polar surface area (TPSA) is 78.8 Å². The van der Waals surface area contributed by atoms with E-state index in [1.807, 2.05) is 32.9 Å². The van der Waals surface area contributed by atoms with Crippen molar-refractivity contribution in [2.24, 2.45) is 0 Å². The third kappa shape index (κ3) is 3.16. The summed E-state index contributed by atoms with van der Waals surface area (Å²) in [6.07, 6.45) is 0.0482. The van der Waals surface area contributed by atoms with E-state index >= 15 is 0 Å². The molecule has 108 valence electrons. The molecule has 0 saturated carbocycles. The molecule has 0 fully saturated rings. The van der Waals surface area contributed by atoms with Crippen LogP contribution in [0.25, 0.3) is 11.4 Å². The van der Waals surface area contributed by atoms with Gasteiger partial charge in [0.2, 0.25) is 0 Å². The Morgan fingerprint density at radius 2 is 2.20 bits per heavy atom. The molecule has 0 amide bonds. The normalized spacial score (nSPS) is 12.6. The molecule has 6 nitrogen and oxygen atoms in total. The van der Waals surface area contributed by atoms with Crippen molar-refractivity contribution in [1.29, 1.82) is 0 Å². The highest BCUT2D eigenvalue weighted by Crippen LogP contribution is 2.29. The molecule has 1 aromatic heterocycles. The average molecular weight is 340 g/mol. The molecule has 1 heterocycles. The third-order valence-electron chi connectivity index (χ3n) is 3.07. The molecule has 2 aromatic rings. The van der Waals surface area contributed by atoms with Gasteiger partial charge in [0.15, 0.2) is 5.82 Å². The quantitative estimate of drug-likeness (QED) is 0.846. The maximum atomic E-state index is 5.99. The number of anilines is 1. The van der Waals surface area contributed by atoms with Crippen molar-refractivity contribution >= 4 is 21.6 Å². The monoisotopic (exact) mass is 339 g/mol. The van der Waals surface area contributed by atoms with Crippen molar-refractivity contribution in [2.45, 2.75) is 33.4 Å². The van der Waals surface area contributed by atoms with Crippen molar-refractivity contribution in [2.75, 3.05) is 12.3 Å². The molecule has 2 N–H and O–H groups in total. The summed E-state index contributed by atoms with van der Waals surface area (Å²) in [5, 5.41) is 11.9. The Hall–Kier alpha value is -1.47. The van der Waals surface area contributed by atoms with Gasteiger partial charge in [-0.25, -0.2) is 4.68 Å². The lowest BCUT2D eigenvalue weighted by molar-refractivity contribution is 0.0614. The van der Waals surface area contributed by atoms with Crippen LogP contribution in [0.15, 0.2) is 16.6 Å². The van der Waals surface area contributed by atoms with E-state index < -0.39 is 0 Å². The largest absolute Gasteiger partial charge is 0.398 e. The van der Waals surface area contributed by atoms with Crippen LogP contribution in [0.1, 0.15) is 19.4 Å². The average Bonchev–Trinajstić information content (AvgIpc) is 2.82. The van der Waals surface area contributed by atoms with E-state index in [1.165, 1.54) is 0 Å². The van der Waals surface area contributed by atoms with Crippen LogP contribution in [0.2, 0.25) is 0 Å². The van der Waals surface area contributed by atoms with Gasteiger partial charge in [0.25, 0.3) is 0 Å². The number of nitrogen functional groups attached to an aromatic ring is 1. The highest BCUT2D eigenvalue weighted by molar-refractivity contribution is 9.10. The van der Waals surface area contributed by atoms with Crippen LogP contribution in [0, 0.1) is 6.92 Å². The molecule has 1 aromatic carbocycles. The van der Waals surface area contributed by atoms with Gasteiger partial charge in [0, 0.05) is 22.3 Å². The number of benzene rings is 1. The van der Waals surface area contributed by atoms with Crippen molar-refractivity contribution in [3.63, 3.8) is 0 Å². The molecule has 0 radical (unpaired) electrons. The number of nitrogens with zero attached hydrogens (tertiary/aromatic N) is 4. The Morgan fingerprint density at radius 1 is 1.45 bits per heavy atom. The van der Waals surface area contributed by atoms with Crippen molar-refractivity contribution in [3.05, 3.63) is 22.2 Å². The summed E-state index contributed by atoms with van der Waals surface area (Å²) in [5.41, 5.74) is 8.59. The van der Waals surface area contributed by atoms with E-state index in [-0.39, 0.29) is 6.10 Å². The van der Waals surface area contributed by atoms with Crippen molar-refractivity contribution in [3.8, 4) is 11.4 Å². The van der Waals surface area contributed by atoms with Gasteiger partial charge < -0.3 is 10.5 Å². The van der Waals surface area contributed by atoms with Crippen molar-refractivity contribution in [1.82, 2.24) is 20.2 Å². The minimum atomic E-state index is 0.0482. The molecule has 2 rings (SSSR count). The van der Waals surface area contributed by atoms with Crippen LogP contribution in [-0.4, -0.2) is 32.9 Å². The Labute approximate surface area is 126 Å². The zero-order valence-electron chi connectivity index (χ0n) is 11.8. The van der Waals surface area contributed by atoms with Gasteiger partial charge in [-0.3, -0.25) is 0 Å². The van der Waals surface area contributed by atoms with Crippen LogP contribution in [-0.2, 0) is 11.3 Å². The minimum Gasteiger partial charge on any atom is -0.398 e. The Morgan fingerprint density at radius 3 is 2.90 bits per heavy atom. The summed E-state index contributed by atoms with van der Waals surface area (Å²) < 4.78 is 8.18. The molecular formula is C13H18BrN5O. The molecule has 0 bridgehead atoms. The molecule has 7 heteroatoms. The van der Waals surface area contributed by atoms with Gasteiger partial charge in [0.05, 0.1) is 12.6 Å². The Kier molecular flexibility index (Phi) is 4.72. The fourth-order valence-corrected chi connectivity index (χ4v) is 2.51. The van der Waals surface area contributed by atoms with Gasteiger partial charge >= 0.3 is 0 Å². The predicted octanol–water partition coefficient (Wildman–Crippen LogP) is 2.42. The zero-order chi connectivity index (χ0) is 14.7. The lowest BCUT2D eigenvalue weighted by Gasteiger charge is -2.13. The second-order valence-electron chi connectivity index (χ2n) is 4.62. The first kappa shape index (κ1) is 14.9. The van der Waals surface area contributed by atoms with Gasteiger partial charge in [-0.2, -0.15) is 0 Å². The summed E-state index contributed by atoms with van der Waals surface area (Å²) in [6, 6.07) is 3.84. The Bertz CT molecular complexity index is 598. The van der Waals surface area contributed by atoms with Crippen LogP contribution in [0.4, 0.5) is 5.69 Å². The number of hydrogen-bond donors (Lipinski definition) is 1. The summed E-state index contributed by atoms with van der Waals surface area (Å²) in [5.74, 6) is 0.696. The summed E-state index contributed by atoms with van der Waals surface area (Å²) in [7, 11) is 0. The van der Waals surface area contributed by atoms with E-state index in [0.717, 1.165) is 15.6 Å². The predicted molar refractivity (Wildman–Crippen MR) is 81.2 cm³/mol. The number of tetrazole rings is 1. The zero-order valence-corrected chi connectivity index (χ0v) is 13.4. The third-order valence-corrected chi connectivity index (χ3v) is 3.52. The molecule has 1 atom stereocenters. The van der Waals surface area contributed by atoms with Crippen LogP contribution in [0.5, 0.6) is 0 Å². The molecule has 0 aliphatic rings. The van der Waals surface area contributed by atoms with Crippen molar-refractivity contribution < 1.29 is 4.74 Å². The number of hydrogen-bond acceptors (Lipinski definition) is 5. The molecule has 20 heavy (non-hydrogen) atoms. The summed E-state index contributed by atoms with van der Waals surface area (Å²) in [4.78, 5) is 0. The van der Waals surface area contributed by atoms with E-state index in [2.05, 4.69) is 31.5 Å². The van der Waals surface area contributed by atoms with E-state index in [9.17, 15) is 0 Å². The maximum absolute atomic E-state index is 5.99. The second kappa shape index (κ2) is 6.32. The SMILES string of the molecule is CCOC(C)Cn1nnnc1-c1cc(Br)cc(N)c1C. The number of rotatable bonds is 5. The summed E-state index contributed by atoms with van der Waals surface area (Å²) >= 11 is 3.45. The molecule has 0 aliphatic heterocycles. The number of halogens is 1. The lowest BCUT2D eigenvalue weighted by atomic mass is 10.1. The van der Waals surface area contributed by atoms with Gasteiger partial charge in [-0.1, -0.05) is 15.9 Å². The number of ether oxygens (including phenoxy) is 1. The van der Waals surface area contributed by atoms with Gasteiger partial charge in [-0.15, -0.1) is 5.10 Å². The fraction of sp³-hybridized carbons (Fsp3) is 0.462. The highest BCUT2D eigenvalue weighted by Gasteiger charge is 2.15. The maximum Gasteiger partial charge on any atom is 0.182 e. The number of aromatic nitrogens is 4. The smallest absolute Gasteiger partial charge is 0.182 e. The van der Waals surface area contributed by atoms with Crippen LogP contribution < -0.4 is 5.73 Å². The highest BCUT2D eigenvalue weighted by atomic mass is 79.9. The fourth-order valence-electron chi connectivity index (χ4n) is 2.03.